The molecule has 0 fully saturated rings. The van der Waals surface area contributed by atoms with Crippen molar-refractivity contribution in [1.29, 1.82) is 0 Å². The molecule has 0 unspecified atom stereocenters. The van der Waals surface area contributed by atoms with Crippen molar-refractivity contribution >= 4 is 27.8 Å². The van der Waals surface area contributed by atoms with Crippen molar-refractivity contribution < 1.29 is 4.74 Å². The largest absolute Gasteiger partial charge is 0.497 e. The molecular formula is C20H17N7O. The number of rotatable bonds is 4. The quantitative estimate of drug-likeness (QED) is 0.503. The molecule has 2 aromatic carbocycles. The number of hydrogen-bond acceptors (Lipinski definition) is 6. The number of nitrogens with one attached hydrogen (secondary N) is 1. The van der Waals surface area contributed by atoms with Crippen LogP contribution in [0.3, 0.4) is 0 Å². The second kappa shape index (κ2) is 6.34. The van der Waals surface area contributed by atoms with Gasteiger partial charge in [0.25, 0.3) is 0 Å². The standard InChI is InChI=1S/C20H17N7O/c1-28-15-6-5-13-3-2-4-17(16(13)9-15)27-11-12(10-22-27)7-14-8-18(21)23-20-19(14)24-26-25-20/h2-6,8-11H,7H2,1H3,(H3,21,23,24,25,26). The monoisotopic (exact) mass is 371 g/mol. The Kier molecular flexibility index (Phi) is 3.68. The summed E-state index contributed by atoms with van der Waals surface area (Å²) in [6, 6.07) is 14.0. The van der Waals surface area contributed by atoms with E-state index in [4.69, 9.17) is 10.5 Å². The fourth-order valence-electron chi connectivity index (χ4n) is 3.42. The molecule has 0 saturated heterocycles. The van der Waals surface area contributed by atoms with Gasteiger partial charge in [0.2, 0.25) is 5.65 Å². The van der Waals surface area contributed by atoms with Gasteiger partial charge < -0.3 is 10.5 Å². The maximum atomic E-state index is 5.90. The Morgan fingerprint density at radius 2 is 2.07 bits per heavy atom. The molecule has 0 spiro atoms. The van der Waals surface area contributed by atoms with Crippen molar-refractivity contribution in [3.63, 3.8) is 0 Å². The molecule has 0 aliphatic carbocycles. The van der Waals surface area contributed by atoms with Crippen LogP contribution in [0, 0.1) is 0 Å². The van der Waals surface area contributed by atoms with Crippen molar-refractivity contribution in [3.05, 3.63) is 66.0 Å². The van der Waals surface area contributed by atoms with Gasteiger partial charge in [-0.25, -0.2) is 9.67 Å². The van der Waals surface area contributed by atoms with Crippen molar-refractivity contribution in [2.24, 2.45) is 0 Å². The van der Waals surface area contributed by atoms with E-state index < -0.39 is 0 Å². The van der Waals surface area contributed by atoms with Crippen LogP contribution in [-0.2, 0) is 6.42 Å². The van der Waals surface area contributed by atoms with Crippen LogP contribution < -0.4 is 10.5 Å². The van der Waals surface area contributed by atoms with E-state index in [1.165, 1.54) is 0 Å². The maximum Gasteiger partial charge on any atom is 0.203 e. The SMILES string of the molecule is COc1ccc2cccc(-n3cc(Cc4cc(N)nc5n[nH]nc45)cn3)c2c1. The number of aromatic amines is 1. The molecule has 3 N–H and O–H groups in total. The molecule has 8 nitrogen and oxygen atoms in total. The summed E-state index contributed by atoms with van der Waals surface area (Å²) in [5.41, 5.74) is 10.1. The van der Waals surface area contributed by atoms with Crippen LogP contribution >= 0.6 is 0 Å². The Morgan fingerprint density at radius 1 is 1.14 bits per heavy atom. The van der Waals surface area contributed by atoms with Crippen LogP contribution in [0.2, 0.25) is 0 Å². The lowest BCUT2D eigenvalue weighted by molar-refractivity contribution is 0.415. The predicted molar refractivity (Wildman–Crippen MR) is 107 cm³/mol. The first-order valence-corrected chi connectivity index (χ1v) is 8.78. The summed E-state index contributed by atoms with van der Waals surface area (Å²) in [5, 5.41) is 17.6. The van der Waals surface area contributed by atoms with Gasteiger partial charge in [-0.1, -0.05) is 18.2 Å². The Morgan fingerprint density at radius 3 is 2.96 bits per heavy atom. The van der Waals surface area contributed by atoms with E-state index in [2.05, 4.69) is 31.6 Å². The predicted octanol–water partition coefficient (Wildman–Crippen LogP) is 2.87. The Bertz CT molecular complexity index is 1300. The van der Waals surface area contributed by atoms with Crippen LogP contribution in [0.1, 0.15) is 11.1 Å². The second-order valence-electron chi connectivity index (χ2n) is 6.54. The molecule has 0 bridgehead atoms. The number of pyridine rings is 1. The van der Waals surface area contributed by atoms with E-state index in [1.807, 2.05) is 53.5 Å². The van der Waals surface area contributed by atoms with Crippen LogP contribution in [-0.4, -0.2) is 37.3 Å². The molecule has 138 valence electrons. The zero-order valence-electron chi connectivity index (χ0n) is 15.1. The Hall–Kier alpha value is -3.94. The zero-order valence-corrected chi connectivity index (χ0v) is 15.1. The fourth-order valence-corrected chi connectivity index (χ4v) is 3.42. The van der Waals surface area contributed by atoms with Crippen LogP contribution in [0.5, 0.6) is 5.75 Å². The third-order valence-corrected chi connectivity index (χ3v) is 4.73. The Balaban J connectivity index is 1.55. The van der Waals surface area contributed by atoms with E-state index in [1.54, 1.807) is 7.11 Å². The van der Waals surface area contributed by atoms with E-state index in [9.17, 15) is 0 Å². The number of nitrogens with zero attached hydrogens (tertiary/aromatic N) is 5. The molecule has 0 aliphatic heterocycles. The zero-order chi connectivity index (χ0) is 19.1. The third-order valence-electron chi connectivity index (χ3n) is 4.73. The van der Waals surface area contributed by atoms with Crippen molar-refractivity contribution in [1.82, 2.24) is 30.2 Å². The maximum absolute atomic E-state index is 5.90. The smallest absolute Gasteiger partial charge is 0.203 e. The minimum absolute atomic E-state index is 0.421. The average Bonchev–Trinajstić information content (AvgIpc) is 3.36. The van der Waals surface area contributed by atoms with Crippen molar-refractivity contribution in [2.75, 3.05) is 12.8 Å². The average molecular weight is 371 g/mol. The summed E-state index contributed by atoms with van der Waals surface area (Å²) in [7, 11) is 1.67. The van der Waals surface area contributed by atoms with Crippen LogP contribution in [0.25, 0.3) is 27.6 Å². The minimum Gasteiger partial charge on any atom is -0.497 e. The number of nitrogens with two attached hydrogens (primary N) is 1. The minimum atomic E-state index is 0.421. The lowest BCUT2D eigenvalue weighted by Gasteiger charge is -2.08. The highest BCUT2D eigenvalue weighted by Crippen LogP contribution is 2.27. The fraction of sp³-hybridized carbons (Fsp3) is 0.100. The summed E-state index contributed by atoms with van der Waals surface area (Å²) in [6.45, 7) is 0. The van der Waals surface area contributed by atoms with E-state index in [-0.39, 0.29) is 0 Å². The molecule has 5 aromatic rings. The highest BCUT2D eigenvalue weighted by Gasteiger charge is 2.12. The first-order valence-electron chi connectivity index (χ1n) is 8.78. The number of aromatic nitrogens is 6. The summed E-state index contributed by atoms with van der Waals surface area (Å²) in [5.74, 6) is 1.23. The van der Waals surface area contributed by atoms with Crippen LogP contribution in [0.4, 0.5) is 5.82 Å². The summed E-state index contributed by atoms with van der Waals surface area (Å²) in [4.78, 5) is 4.18. The molecule has 0 amide bonds. The normalized spacial score (nSPS) is 11.3. The van der Waals surface area contributed by atoms with Crippen molar-refractivity contribution in [3.8, 4) is 11.4 Å². The number of H-pyrrole nitrogens is 1. The molecule has 3 heterocycles. The second-order valence-corrected chi connectivity index (χ2v) is 6.54. The molecule has 5 rings (SSSR count). The number of anilines is 1. The van der Waals surface area contributed by atoms with Gasteiger partial charge in [0.05, 0.1) is 19.0 Å². The molecular weight excluding hydrogens is 354 g/mol. The van der Waals surface area contributed by atoms with Gasteiger partial charge >= 0.3 is 0 Å². The van der Waals surface area contributed by atoms with Crippen molar-refractivity contribution in [2.45, 2.75) is 6.42 Å². The lowest BCUT2D eigenvalue weighted by atomic mass is 10.1. The van der Waals surface area contributed by atoms with Gasteiger partial charge in [-0.05, 0) is 40.8 Å². The first kappa shape index (κ1) is 16.2. The summed E-state index contributed by atoms with van der Waals surface area (Å²) < 4.78 is 7.26. The number of benzene rings is 2. The van der Waals surface area contributed by atoms with Gasteiger partial charge in [0, 0.05) is 18.0 Å². The first-order chi connectivity index (χ1) is 13.7. The number of fused-ring (bicyclic) bond motifs is 2. The highest BCUT2D eigenvalue weighted by atomic mass is 16.5. The molecule has 0 atom stereocenters. The molecule has 28 heavy (non-hydrogen) atoms. The number of hydrogen-bond donors (Lipinski definition) is 2. The molecule has 3 aromatic heterocycles. The molecule has 8 heteroatoms. The Labute approximate surface area is 160 Å². The molecule has 0 aliphatic rings. The van der Waals surface area contributed by atoms with Gasteiger partial charge in [-0.15, -0.1) is 5.10 Å². The summed E-state index contributed by atoms with van der Waals surface area (Å²) >= 11 is 0. The number of methoxy groups -OCH3 is 1. The lowest BCUT2D eigenvalue weighted by Crippen LogP contribution is -1.97. The van der Waals surface area contributed by atoms with E-state index in [0.717, 1.165) is 38.9 Å². The third kappa shape index (κ3) is 2.71. The number of nitrogen functional groups attached to an aromatic ring is 1. The van der Waals surface area contributed by atoms with E-state index >= 15 is 0 Å². The van der Waals surface area contributed by atoms with Crippen LogP contribution in [0.15, 0.2) is 54.9 Å². The van der Waals surface area contributed by atoms with Gasteiger partial charge in [0.15, 0.2) is 0 Å². The summed E-state index contributed by atoms with van der Waals surface area (Å²) in [6.07, 6.45) is 4.49. The van der Waals surface area contributed by atoms with Gasteiger partial charge in [0.1, 0.15) is 17.1 Å². The highest BCUT2D eigenvalue weighted by molar-refractivity contribution is 5.91. The molecule has 0 radical (unpaired) electrons. The van der Waals surface area contributed by atoms with Gasteiger partial charge in [-0.3, -0.25) is 0 Å². The van der Waals surface area contributed by atoms with Gasteiger partial charge in [-0.2, -0.15) is 15.4 Å². The topological polar surface area (TPSA) is 108 Å². The number of ether oxygens (including phenoxy) is 1. The van der Waals surface area contributed by atoms with E-state index in [0.29, 0.717) is 17.9 Å². The molecule has 0 saturated carbocycles.